The van der Waals surface area contributed by atoms with E-state index in [0.29, 0.717) is 16.6 Å². The van der Waals surface area contributed by atoms with Crippen molar-refractivity contribution in [2.24, 2.45) is 0 Å². The Kier molecular flexibility index (Phi) is 4.04. The minimum atomic E-state index is 0.208. The molecule has 94 valence electrons. The first-order valence-corrected chi connectivity index (χ1v) is 6.33. The van der Waals surface area contributed by atoms with Crippen LogP contribution in [0.5, 0.6) is 11.6 Å². The highest BCUT2D eigenvalue weighted by Crippen LogP contribution is 2.30. The fraction of sp³-hybridized carbons (Fsp3) is 0.231. The molecule has 0 aliphatic rings. The quantitative estimate of drug-likeness (QED) is 0.623. The topological polar surface area (TPSA) is 35.0 Å². The average molecular weight is 283 g/mol. The van der Waals surface area contributed by atoms with Crippen LogP contribution in [-0.4, -0.2) is 9.97 Å². The van der Waals surface area contributed by atoms with E-state index in [9.17, 15) is 0 Å². The zero-order chi connectivity index (χ0) is 13.1. The highest BCUT2D eigenvalue weighted by molar-refractivity contribution is 6.31. The normalized spacial score (nSPS) is 10.4. The molecule has 0 amide bonds. The fourth-order valence-corrected chi connectivity index (χ4v) is 2.00. The van der Waals surface area contributed by atoms with Gasteiger partial charge in [-0.2, -0.15) is 0 Å². The van der Waals surface area contributed by atoms with Crippen molar-refractivity contribution < 1.29 is 4.74 Å². The molecule has 1 aromatic carbocycles. The number of nitrogens with zero attached hydrogens (tertiary/aromatic N) is 2. The first-order valence-electron chi connectivity index (χ1n) is 5.42. The second-order valence-electron chi connectivity index (χ2n) is 3.95. The number of alkyl halides is 1. The molecule has 0 spiro atoms. The maximum absolute atomic E-state index is 5.95. The van der Waals surface area contributed by atoms with Crippen molar-refractivity contribution in [1.82, 2.24) is 9.97 Å². The number of aromatic nitrogens is 2. The van der Waals surface area contributed by atoms with E-state index in [1.165, 1.54) is 6.33 Å². The summed E-state index contributed by atoms with van der Waals surface area (Å²) in [5.41, 5.74) is 2.74. The van der Waals surface area contributed by atoms with Gasteiger partial charge >= 0.3 is 0 Å². The van der Waals surface area contributed by atoms with Crippen LogP contribution in [0.25, 0.3) is 0 Å². The van der Waals surface area contributed by atoms with Crippen LogP contribution in [0.15, 0.2) is 24.5 Å². The van der Waals surface area contributed by atoms with Crippen LogP contribution in [-0.2, 0) is 5.88 Å². The van der Waals surface area contributed by atoms with Gasteiger partial charge in [-0.25, -0.2) is 9.97 Å². The Morgan fingerprint density at radius 3 is 2.72 bits per heavy atom. The molecule has 0 unspecified atom stereocenters. The van der Waals surface area contributed by atoms with Gasteiger partial charge in [0.1, 0.15) is 17.2 Å². The van der Waals surface area contributed by atoms with Crippen molar-refractivity contribution in [2.45, 2.75) is 19.7 Å². The lowest BCUT2D eigenvalue weighted by Gasteiger charge is -2.11. The molecule has 5 heteroatoms. The molecule has 1 aromatic heterocycles. The lowest BCUT2D eigenvalue weighted by Crippen LogP contribution is -1.97. The third-order valence-corrected chi connectivity index (χ3v) is 3.13. The summed E-state index contributed by atoms with van der Waals surface area (Å²) >= 11 is 11.8. The van der Waals surface area contributed by atoms with Crippen LogP contribution in [0.2, 0.25) is 5.15 Å². The van der Waals surface area contributed by atoms with E-state index in [1.54, 1.807) is 0 Å². The van der Waals surface area contributed by atoms with E-state index in [0.717, 1.165) is 16.9 Å². The second-order valence-corrected chi connectivity index (χ2v) is 4.58. The monoisotopic (exact) mass is 282 g/mol. The number of hydrogen-bond donors (Lipinski definition) is 0. The van der Waals surface area contributed by atoms with Gasteiger partial charge < -0.3 is 4.74 Å². The predicted molar refractivity (Wildman–Crippen MR) is 72.6 cm³/mol. The molecule has 2 rings (SSSR count). The smallest absolute Gasteiger partial charge is 0.228 e. The largest absolute Gasteiger partial charge is 0.438 e. The summed E-state index contributed by atoms with van der Waals surface area (Å²) in [6, 6.07) is 5.97. The number of ether oxygens (including phenoxy) is 1. The van der Waals surface area contributed by atoms with Gasteiger partial charge in [0.25, 0.3) is 0 Å². The highest BCUT2D eigenvalue weighted by atomic mass is 35.5. The average Bonchev–Trinajstić information content (AvgIpc) is 2.34. The summed E-state index contributed by atoms with van der Waals surface area (Å²) in [4.78, 5) is 7.96. The van der Waals surface area contributed by atoms with E-state index in [2.05, 4.69) is 9.97 Å². The summed E-state index contributed by atoms with van der Waals surface area (Å²) in [6.45, 7) is 3.97. The van der Waals surface area contributed by atoms with Crippen molar-refractivity contribution >= 4 is 23.2 Å². The molecule has 0 aliphatic heterocycles. The molecule has 0 radical (unpaired) electrons. The fourth-order valence-electron chi connectivity index (χ4n) is 1.50. The molecule has 1 heterocycles. The van der Waals surface area contributed by atoms with Crippen molar-refractivity contribution in [3.8, 4) is 11.6 Å². The maximum atomic E-state index is 5.95. The third-order valence-electron chi connectivity index (χ3n) is 2.54. The molecule has 18 heavy (non-hydrogen) atoms. The Morgan fingerprint density at radius 2 is 2.00 bits per heavy atom. The molecular weight excluding hydrogens is 271 g/mol. The van der Waals surface area contributed by atoms with Crippen LogP contribution in [0.3, 0.4) is 0 Å². The van der Waals surface area contributed by atoms with Gasteiger partial charge in [-0.1, -0.05) is 23.7 Å². The van der Waals surface area contributed by atoms with Gasteiger partial charge in [0, 0.05) is 0 Å². The minimum Gasteiger partial charge on any atom is -0.438 e. The van der Waals surface area contributed by atoms with Crippen molar-refractivity contribution in [3.05, 3.63) is 46.4 Å². The SMILES string of the molecule is Cc1ccc(C)c(Oc2ncnc(Cl)c2CCl)c1. The molecule has 0 bridgehead atoms. The van der Waals surface area contributed by atoms with Gasteiger partial charge in [-0.05, 0) is 31.0 Å². The zero-order valence-corrected chi connectivity index (χ0v) is 11.6. The van der Waals surface area contributed by atoms with E-state index < -0.39 is 0 Å². The van der Waals surface area contributed by atoms with Crippen molar-refractivity contribution in [3.63, 3.8) is 0 Å². The van der Waals surface area contributed by atoms with E-state index in [1.807, 2.05) is 32.0 Å². The van der Waals surface area contributed by atoms with Crippen molar-refractivity contribution in [1.29, 1.82) is 0 Å². The standard InChI is InChI=1S/C13H12Cl2N2O/c1-8-3-4-9(2)11(5-8)18-13-10(6-14)12(15)16-7-17-13/h3-5,7H,6H2,1-2H3. The molecular formula is C13H12Cl2N2O. The first-order chi connectivity index (χ1) is 8.61. The zero-order valence-electron chi connectivity index (χ0n) is 10.1. The first kappa shape index (κ1) is 13.1. The molecule has 0 N–H and O–H groups in total. The lowest BCUT2D eigenvalue weighted by atomic mass is 10.1. The van der Waals surface area contributed by atoms with Gasteiger partial charge in [0.15, 0.2) is 0 Å². The van der Waals surface area contributed by atoms with E-state index in [-0.39, 0.29) is 5.88 Å². The van der Waals surface area contributed by atoms with Gasteiger partial charge in [-0.15, -0.1) is 11.6 Å². The molecule has 0 fully saturated rings. The number of rotatable bonds is 3. The lowest BCUT2D eigenvalue weighted by molar-refractivity contribution is 0.453. The van der Waals surface area contributed by atoms with Crippen LogP contribution >= 0.6 is 23.2 Å². The molecule has 0 aliphatic carbocycles. The number of benzene rings is 1. The molecule has 3 nitrogen and oxygen atoms in total. The van der Waals surface area contributed by atoms with E-state index >= 15 is 0 Å². The highest BCUT2D eigenvalue weighted by Gasteiger charge is 2.12. The Hall–Kier alpha value is -1.32. The molecule has 0 saturated heterocycles. The summed E-state index contributed by atoms with van der Waals surface area (Å²) in [5, 5.41) is 0.320. The van der Waals surface area contributed by atoms with Gasteiger partial charge in [0.2, 0.25) is 5.88 Å². The van der Waals surface area contributed by atoms with Crippen LogP contribution in [0, 0.1) is 13.8 Å². The van der Waals surface area contributed by atoms with Crippen LogP contribution < -0.4 is 4.74 Å². The van der Waals surface area contributed by atoms with Crippen LogP contribution in [0.4, 0.5) is 0 Å². The minimum absolute atomic E-state index is 0.208. The molecule has 2 aromatic rings. The predicted octanol–water partition coefficient (Wildman–Crippen LogP) is 4.28. The van der Waals surface area contributed by atoms with Gasteiger partial charge in [-0.3, -0.25) is 0 Å². The second kappa shape index (κ2) is 5.55. The van der Waals surface area contributed by atoms with E-state index in [4.69, 9.17) is 27.9 Å². The maximum Gasteiger partial charge on any atom is 0.228 e. The van der Waals surface area contributed by atoms with Crippen LogP contribution in [0.1, 0.15) is 16.7 Å². The molecule has 0 atom stereocenters. The van der Waals surface area contributed by atoms with Gasteiger partial charge in [0.05, 0.1) is 11.4 Å². The summed E-state index contributed by atoms with van der Waals surface area (Å²) in [7, 11) is 0. The summed E-state index contributed by atoms with van der Waals surface area (Å²) < 4.78 is 5.77. The summed E-state index contributed by atoms with van der Waals surface area (Å²) in [5.74, 6) is 1.36. The number of halogens is 2. The Morgan fingerprint density at radius 1 is 1.22 bits per heavy atom. The molecule has 0 saturated carbocycles. The number of aryl methyl sites for hydroxylation is 2. The number of hydrogen-bond acceptors (Lipinski definition) is 3. The van der Waals surface area contributed by atoms with Crippen molar-refractivity contribution in [2.75, 3.05) is 0 Å². The Bertz CT molecular complexity index is 573. The Labute approximate surface area is 116 Å². The summed E-state index contributed by atoms with van der Waals surface area (Å²) in [6.07, 6.45) is 1.36. The third kappa shape index (κ3) is 2.74. The Balaban J connectivity index is 2.40.